The van der Waals surface area contributed by atoms with Gasteiger partial charge in [0.15, 0.2) is 0 Å². The van der Waals surface area contributed by atoms with Crippen LogP contribution in [0.5, 0.6) is 0 Å². The molecule has 0 aromatic heterocycles. The zero-order chi connectivity index (χ0) is 11.9. The molecule has 16 heavy (non-hydrogen) atoms. The molecular weight excluding hydrogens is 268 g/mol. The first kappa shape index (κ1) is 11.6. The van der Waals surface area contributed by atoms with Gasteiger partial charge in [0, 0.05) is 4.47 Å². The molecule has 0 aliphatic heterocycles. The van der Waals surface area contributed by atoms with Gasteiger partial charge >= 0.3 is 5.97 Å². The van der Waals surface area contributed by atoms with Crippen molar-refractivity contribution >= 4 is 21.9 Å². The summed E-state index contributed by atoms with van der Waals surface area (Å²) in [5.41, 5.74) is 2.56. The van der Waals surface area contributed by atoms with E-state index in [2.05, 4.69) is 22.0 Å². The molecule has 0 heterocycles. The van der Waals surface area contributed by atoms with E-state index < -0.39 is 11.4 Å². The Morgan fingerprint density at radius 3 is 2.38 bits per heavy atom. The molecule has 1 aromatic carbocycles. The van der Waals surface area contributed by atoms with E-state index in [4.69, 9.17) is 0 Å². The van der Waals surface area contributed by atoms with E-state index in [1.165, 1.54) is 0 Å². The van der Waals surface area contributed by atoms with Gasteiger partial charge in [-0.05, 0) is 49.4 Å². The molecule has 0 amide bonds. The summed E-state index contributed by atoms with van der Waals surface area (Å²) in [5.74, 6) is -0.689. The van der Waals surface area contributed by atoms with Crippen LogP contribution in [-0.4, -0.2) is 11.1 Å². The van der Waals surface area contributed by atoms with E-state index >= 15 is 0 Å². The maximum Gasteiger partial charge on any atom is 0.314 e. The fraction of sp³-hybridized carbons (Fsp3) is 0.462. The Hall–Kier alpha value is -0.830. The van der Waals surface area contributed by atoms with Crippen LogP contribution in [0.4, 0.5) is 0 Å². The van der Waals surface area contributed by atoms with Crippen LogP contribution in [0.3, 0.4) is 0 Å². The topological polar surface area (TPSA) is 37.3 Å². The van der Waals surface area contributed by atoms with Crippen molar-refractivity contribution < 1.29 is 9.90 Å². The average Bonchev–Trinajstić information content (AvgIpc) is 2.06. The fourth-order valence-corrected chi connectivity index (χ4v) is 3.68. The lowest BCUT2D eigenvalue weighted by Gasteiger charge is -2.39. The zero-order valence-corrected chi connectivity index (χ0v) is 11.1. The third kappa shape index (κ3) is 1.58. The van der Waals surface area contributed by atoms with Crippen molar-refractivity contribution in [2.75, 3.05) is 0 Å². The van der Waals surface area contributed by atoms with Crippen molar-refractivity contribution in [1.29, 1.82) is 0 Å². The lowest BCUT2D eigenvalue weighted by molar-refractivity contribution is -0.147. The predicted molar refractivity (Wildman–Crippen MR) is 66.8 cm³/mol. The summed E-state index contributed by atoms with van der Waals surface area (Å²) in [7, 11) is 0. The van der Waals surface area contributed by atoms with Crippen LogP contribution in [0.25, 0.3) is 0 Å². The van der Waals surface area contributed by atoms with E-state index in [-0.39, 0.29) is 0 Å². The molecule has 0 spiro atoms. The van der Waals surface area contributed by atoms with Gasteiger partial charge in [0.05, 0.1) is 5.41 Å². The first-order valence-corrected chi connectivity index (χ1v) is 6.27. The number of rotatable bonds is 2. The van der Waals surface area contributed by atoms with Crippen molar-refractivity contribution in [2.24, 2.45) is 0 Å². The second kappa shape index (κ2) is 3.88. The Labute approximate surface area is 104 Å². The summed E-state index contributed by atoms with van der Waals surface area (Å²) in [6.07, 6.45) is 2.52. The fourth-order valence-electron chi connectivity index (χ4n) is 2.62. The summed E-state index contributed by atoms with van der Waals surface area (Å²) in [6, 6.07) is 4.06. The SMILES string of the molecule is Cc1cc(C)c(C2(C(=O)O)CCC2)c(Br)c1. The Bertz CT molecular complexity index is 424. The highest BCUT2D eigenvalue weighted by molar-refractivity contribution is 9.10. The molecule has 0 atom stereocenters. The highest BCUT2D eigenvalue weighted by atomic mass is 79.9. The van der Waals surface area contributed by atoms with Crippen molar-refractivity contribution in [2.45, 2.75) is 38.5 Å². The quantitative estimate of drug-likeness (QED) is 0.900. The number of carbonyl (C=O) groups is 1. The second-order valence-corrected chi connectivity index (χ2v) is 5.53. The van der Waals surface area contributed by atoms with Gasteiger partial charge in [0.1, 0.15) is 0 Å². The smallest absolute Gasteiger partial charge is 0.314 e. The summed E-state index contributed by atoms with van der Waals surface area (Å²) in [4.78, 5) is 11.5. The van der Waals surface area contributed by atoms with Crippen LogP contribution < -0.4 is 0 Å². The van der Waals surface area contributed by atoms with Gasteiger partial charge in [-0.3, -0.25) is 4.79 Å². The maximum absolute atomic E-state index is 11.5. The molecule has 1 aliphatic rings. The predicted octanol–water partition coefficient (Wildman–Crippen LogP) is 3.57. The highest BCUT2D eigenvalue weighted by Gasteiger charge is 2.47. The molecule has 0 unspecified atom stereocenters. The summed E-state index contributed by atoms with van der Waals surface area (Å²) >= 11 is 3.51. The Morgan fingerprint density at radius 2 is 2.00 bits per heavy atom. The van der Waals surface area contributed by atoms with E-state index in [0.717, 1.165) is 40.4 Å². The number of carboxylic acid groups (broad SMARTS) is 1. The summed E-state index contributed by atoms with van der Waals surface area (Å²) < 4.78 is 0.937. The van der Waals surface area contributed by atoms with Crippen LogP contribution in [0, 0.1) is 13.8 Å². The molecule has 1 N–H and O–H groups in total. The number of halogens is 1. The minimum Gasteiger partial charge on any atom is -0.481 e. The molecule has 0 saturated heterocycles. The van der Waals surface area contributed by atoms with Crippen LogP contribution >= 0.6 is 15.9 Å². The molecule has 1 fully saturated rings. The van der Waals surface area contributed by atoms with Gasteiger partial charge in [-0.15, -0.1) is 0 Å². The van der Waals surface area contributed by atoms with Gasteiger partial charge < -0.3 is 5.11 Å². The first-order chi connectivity index (χ1) is 7.47. The number of hydrogen-bond acceptors (Lipinski definition) is 1. The van der Waals surface area contributed by atoms with Crippen LogP contribution in [0.15, 0.2) is 16.6 Å². The second-order valence-electron chi connectivity index (χ2n) is 4.68. The number of hydrogen-bond donors (Lipinski definition) is 1. The molecule has 1 saturated carbocycles. The van der Waals surface area contributed by atoms with E-state index in [1.54, 1.807) is 0 Å². The number of aryl methyl sites for hydroxylation is 2. The first-order valence-electron chi connectivity index (χ1n) is 5.48. The Kier molecular flexibility index (Phi) is 2.82. The molecule has 2 nitrogen and oxygen atoms in total. The molecule has 1 aliphatic carbocycles. The Morgan fingerprint density at radius 1 is 1.38 bits per heavy atom. The van der Waals surface area contributed by atoms with Crippen molar-refractivity contribution in [3.63, 3.8) is 0 Å². The molecule has 0 radical (unpaired) electrons. The largest absolute Gasteiger partial charge is 0.481 e. The third-order valence-corrected chi connectivity index (χ3v) is 4.15. The lowest BCUT2D eigenvalue weighted by atomic mass is 9.63. The molecule has 0 bridgehead atoms. The van der Waals surface area contributed by atoms with E-state index in [1.807, 2.05) is 19.9 Å². The van der Waals surface area contributed by atoms with E-state index in [9.17, 15) is 9.90 Å². The van der Waals surface area contributed by atoms with Crippen molar-refractivity contribution in [3.8, 4) is 0 Å². The number of carboxylic acids is 1. The van der Waals surface area contributed by atoms with Crippen molar-refractivity contribution in [1.82, 2.24) is 0 Å². The maximum atomic E-state index is 11.5. The van der Waals surface area contributed by atoms with Gasteiger partial charge in [0.2, 0.25) is 0 Å². The third-order valence-electron chi connectivity index (χ3n) is 3.53. The van der Waals surface area contributed by atoms with Gasteiger partial charge in [0.25, 0.3) is 0 Å². The van der Waals surface area contributed by atoms with Crippen molar-refractivity contribution in [3.05, 3.63) is 33.3 Å². The molecule has 1 aromatic rings. The summed E-state index contributed by atoms with van der Waals surface area (Å²) in [6.45, 7) is 4.02. The van der Waals surface area contributed by atoms with Gasteiger partial charge in [-0.25, -0.2) is 0 Å². The van der Waals surface area contributed by atoms with Crippen LogP contribution in [0.2, 0.25) is 0 Å². The highest BCUT2D eigenvalue weighted by Crippen LogP contribution is 2.48. The Balaban J connectivity index is 2.59. The number of aliphatic carboxylic acids is 1. The van der Waals surface area contributed by atoms with Crippen LogP contribution in [0.1, 0.15) is 36.0 Å². The minimum atomic E-state index is -0.689. The van der Waals surface area contributed by atoms with Gasteiger partial charge in [-0.1, -0.05) is 28.4 Å². The molecule has 86 valence electrons. The molecular formula is C13H15BrO2. The average molecular weight is 283 g/mol. The number of benzene rings is 1. The minimum absolute atomic E-state index is 0.642. The monoisotopic (exact) mass is 282 g/mol. The molecule has 2 rings (SSSR count). The lowest BCUT2D eigenvalue weighted by Crippen LogP contribution is -2.43. The molecule has 3 heteroatoms. The van der Waals surface area contributed by atoms with Gasteiger partial charge in [-0.2, -0.15) is 0 Å². The van der Waals surface area contributed by atoms with E-state index in [0.29, 0.717) is 0 Å². The van der Waals surface area contributed by atoms with Crippen LogP contribution in [-0.2, 0) is 10.2 Å². The zero-order valence-electron chi connectivity index (χ0n) is 9.51. The normalized spacial score (nSPS) is 17.9. The summed E-state index contributed by atoms with van der Waals surface area (Å²) in [5, 5.41) is 9.43. The standard InChI is InChI=1S/C13H15BrO2/c1-8-6-9(2)11(10(14)7-8)13(12(15)16)4-3-5-13/h6-7H,3-5H2,1-2H3,(H,15,16).